The van der Waals surface area contributed by atoms with Crippen LogP contribution in [0.25, 0.3) is 0 Å². The standard InChI is InChI=1S/C21H28N4O2/c1-17-11-12-21(27)25(23-17)16-20(26)22-15-19(18-9-5-4-6-10-18)24-13-7-2-3-8-14-24/h4-6,9-12,19H,2-3,7-8,13-16H2,1H3,(H,22,26)/t19-/m1/s1. The van der Waals surface area contributed by atoms with Gasteiger partial charge in [-0.3, -0.25) is 14.5 Å². The molecule has 1 N–H and O–H groups in total. The van der Waals surface area contributed by atoms with Crippen LogP contribution in [-0.4, -0.2) is 40.2 Å². The van der Waals surface area contributed by atoms with Gasteiger partial charge < -0.3 is 5.32 Å². The Kier molecular flexibility index (Phi) is 6.76. The van der Waals surface area contributed by atoms with Crippen LogP contribution >= 0.6 is 0 Å². The van der Waals surface area contributed by atoms with Crippen molar-refractivity contribution >= 4 is 5.91 Å². The van der Waals surface area contributed by atoms with Gasteiger partial charge >= 0.3 is 0 Å². The van der Waals surface area contributed by atoms with Crippen LogP contribution in [0.3, 0.4) is 0 Å². The summed E-state index contributed by atoms with van der Waals surface area (Å²) in [5, 5.41) is 7.15. The van der Waals surface area contributed by atoms with Crippen molar-refractivity contribution in [2.45, 2.75) is 45.2 Å². The van der Waals surface area contributed by atoms with E-state index in [1.54, 1.807) is 13.0 Å². The molecule has 1 aromatic heterocycles. The summed E-state index contributed by atoms with van der Waals surface area (Å²) in [5.41, 5.74) is 1.67. The molecule has 2 heterocycles. The van der Waals surface area contributed by atoms with Crippen molar-refractivity contribution in [3.05, 3.63) is 64.1 Å². The van der Waals surface area contributed by atoms with Crippen molar-refractivity contribution in [3.8, 4) is 0 Å². The highest BCUT2D eigenvalue weighted by Crippen LogP contribution is 2.23. The van der Waals surface area contributed by atoms with Crippen molar-refractivity contribution < 1.29 is 4.79 Å². The van der Waals surface area contributed by atoms with Crippen LogP contribution in [-0.2, 0) is 11.3 Å². The van der Waals surface area contributed by atoms with E-state index in [-0.39, 0.29) is 24.1 Å². The Labute approximate surface area is 160 Å². The Morgan fingerprint density at radius 3 is 2.48 bits per heavy atom. The number of carbonyl (C=O) groups is 1. The Bertz CT molecular complexity index is 795. The number of amides is 1. The van der Waals surface area contributed by atoms with Crippen LogP contribution < -0.4 is 10.9 Å². The third-order valence-corrected chi connectivity index (χ3v) is 5.05. The van der Waals surface area contributed by atoms with Crippen molar-refractivity contribution in [2.75, 3.05) is 19.6 Å². The van der Waals surface area contributed by atoms with Crippen LogP contribution in [0, 0.1) is 6.92 Å². The van der Waals surface area contributed by atoms with Crippen LogP contribution in [0.15, 0.2) is 47.3 Å². The third kappa shape index (κ3) is 5.50. The second kappa shape index (κ2) is 9.46. The van der Waals surface area contributed by atoms with Crippen LogP contribution in [0.5, 0.6) is 0 Å². The van der Waals surface area contributed by atoms with E-state index >= 15 is 0 Å². The quantitative estimate of drug-likeness (QED) is 0.849. The van der Waals surface area contributed by atoms with Gasteiger partial charge in [0.25, 0.3) is 5.56 Å². The molecule has 0 radical (unpaired) electrons. The molecule has 6 nitrogen and oxygen atoms in total. The number of hydrogen-bond acceptors (Lipinski definition) is 4. The van der Waals surface area contributed by atoms with Gasteiger partial charge in [0.1, 0.15) is 6.54 Å². The number of rotatable bonds is 6. The van der Waals surface area contributed by atoms with Crippen LogP contribution in [0.2, 0.25) is 0 Å². The summed E-state index contributed by atoms with van der Waals surface area (Å²) in [5.74, 6) is -0.189. The maximum atomic E-state index is 12.4. The molecule has 1 aromatic carbocycles. The molecule has 1 aliphatic rings. The van der Waals surface area contributed by atoms with E-state index in [0.717, 1.165) is 13.1 Å². The van der Waals surface area contributed by atoms with Crippen molar-refractivity contribution in [3.63, 3.8) is 0 Å². The highest BCUT2D eigenvalue weighted by molar-refractivity contribution is 5.75. The molecular weight excluding hydrogens is 340 g/mol. The summed E-state index contributed by atoms with van der Waals surface area (Å²) in [6.07, 6.45) is 4.93. The van der Waals surface area contributed by atoms with Gasteiger partial charge in [0.15, 0.2) is 0 Å². The highest BCUT2D eigenvalue weighted by Gasteiger charge is 2.22. The second-order valence-corrected chi connectivity index (χ2v) is 7.15. The minimum absolute atomic E-state index is 0.0535. The summed E-state index contributed by atoms with van der Waals surface area (Å²) in [4.78, 5) is 26.8. The zero-order chi connectivity index (χ0) is 19.1. The second-order valence-electron chi connectivity index (χ2n) is 7.15. The molecule has 144 valence electrons. The molecule has 1 aliphatic heterocycles. The summed E-state index contributed by atoms with van der Waals surface area (Å²) in [7, 11) is 0. The van der Waals surface area contributed by atoms with Crippen molar-refractivity contribution in [1.29, 1.82) is 0 Å². The molecule has 3 rings (SSSR count). The van der Waals surface area contributed by atoms with E-state index in [0.29, 0.717) is 12.2 Å². The fourth-order valence-corrected chi connectivity index (χ4v) is 3.61. The van der Waals surface area contributed by atoms with Gasteiger partial charge in [-0.05, 0) is 44.5 Å². The third-order valence-electron chi connectivity index (χ3n) is 5.05. The smallest absolute Gasteiger partial charge is 0.267 e. The monoisotopic (exact) mass is 368 g/mol. The molecule has 0 unspecified atom stereocenters. The summed E-state index contributed by atoms with van der Waals surface area (Å²) in [6, 6.07) is 13.6. The number of nitrogens with zero attached hydrogens (tertiary/aromatic N) is 3. The van der Waals surface area contributed by atoms with E-state index in [9.17, 15) is 9.59 Å². The molecule has 27 heavy (non-hydrogen) atoms. The minimum Gasteiger partial charge on any atom is -0.353 e. The predicted octanol–water partition coefficient (Wildman–Crippen LogP) is 2.29. The van der Waals surface area contributed by atoms with Gasteiger partial charge in [-0.1, -0.05) is 43.2 Å². The molecule has 1 fully saturated rings. The van der Waals surface area contributed by atoms with E-state index in [2.05, 4.69) is 27.4 Å². The molecule has 2 aromatic rings. The maximum absolute atomic E-state index is 12.4. The van der Waals surface area contributed by atoms with E-state index < -0.39 is 0 Å². The Morgan fingerprint density at radius 1 is 1.07 bits per heavy atom. The van der Waals surface area contributed by atoms with Crippen molar-refractivity contribution in [2.24, 2.45) is 0 Å². The fourth-order valence-electron chi connectivity index (χ4n) is 3.61. The number of benzene rings is 1. The average Bonchev–Trinajstić information content (AvgIpc) is 2.95. The molecule has 1 saturated heterocycles. The first-order valence-corrected chi connectivity index (χ1v) is 9.74. The summed E-state index contributed by atoms with van der Waals surface area (Å²) >= 11 is 0. The lowest BCUT2D eigenvalue weighted by Gasteiger charge is -2.31. The SMILES string of the molecule is Cc1ccc(=O)n(CC(=O)NC[C@H](c2ccccc2)N2CCCCCC2)n1. The average molecular weight is 368 g/mol. The largest absolute Gasteiger partial charge is 0.353 e. The molecule has 0 aliphatic carbocycles. The predicted molar refractivity (Wildman–Crippen MR) is 105 cm³/mol. The number of nitrogens with one attached hydrogen (secondary N) is 1. The highest BCUT2D eigenvalue weighted by atomic mass is 16.2. The van der Waals surface area contributed by atoms with Gasteiger partial charge in [-0.2, -0.15) is 5.10 Å². The Hall–Kier alpha value is -2.47. The van der Waals surface area contributed by atoms with Gasteiger partial charge in [0.05, 0.1) is 11.7 Å². The van der Waals surface area contributed by atoms with Crippen molar-refractivity contribution in [1.82, 2.24) is 20.0 Å². The molecule has 1 atom stereocenters. The molecule has 0 spiro atoms. The van der Waals surface area contributed by atoms with E-state index in [4.69, 9.17) is 0 Å². The molecule has 0 bridgehead atoms. The first kappa shape index (κ1) is 19.3. The zero-order valence-corrected chi connectivity index (χ0v) is 15.9. The zero-order valence-electron chi connectivity index (χ0n) is 15.9. The number of aryl methyl sites for hydroxylation is 1. The van der Waals surface area contributed by atoms with Crippen LogP contribution in [0.4, 0.5) is 0 Å². The lowest BCUT2D eigenvalue weighted by atomic mass is 10.0. The number of hydrogen-bond donors (Lipinski definition) is 1. The van der Waals surface area contributed by atoms with Crippen LogP contribution in [0.1, 0.15) is 43.0 Å². The molecule has 0 saturated carbocycles. The van der Waals surface area contributed by atoms with Gasteiger partial charge in [-0.25, -0.2) is 4.68 Å². The van der Waals surface area contributed by atoms with Gasteiger partial charge in [0, 0.05) is 12.6 Å². The topological polar surface area (TPSA) is 67.2 Å². The van der Waals surface area contributed by atoms with Gasteiger partial charge in [-0.15, -0.1) is 0 Å². The normalized spacial score (nSPS) is 16.5. The molecular formula is C21H28N4O2. The van der Waals surface area contributed by atoms with Gasteiger partial charge in [0.2, 0.25) is 5.91 Å². The summed E-state index contributed by atoms with van der Waals surface area (Å²) in [6.45, 7) is 4.38. The minimum atomic E-state index is -0.261. The Morgan fingerprint density at radius 2 is 1.78 bits per heavy atom. The lowest BCUT2D eigenvalue weighted by molar-refractivity contribution is -0.122. The summed E-state index contributed by atoms with van der Waals surface area (Å²) < 4.78 is 1.22. The number of likely N-dealkylation sites (tertiary alicyclic amines) is 1. The first-order chi connectivity index (χ1) is 13.1. The number of carbonyl (C=O) groups excluding carboxylic acids is 1. The molecule has 1 amide bonds. The first-order valence-electron chi connectivity index (χ1n) is 9.74. The fraction of sp³-hybridized carbons (Fsp3) is 0.476. The van der Waals surface area contributed by atoms with E-state index in [1.807, 2.05) is 18.2 Å². The Balaban J connectivity index is 1.67. The lowest BCUT2D eigenvalue weighted by Crippen LogP contribution is -2.40. The maximum Gasteiger partial charge on any atom is 0.267 e. The number of aromatic nitrogens is 2. The molecule has 6 heteroatoms. The van der Waals surface area contributed by atoms with E-state index in [1.165, 1.54) is 42.0 Å².